The Balaban J connectivity index is 2.02. The van der Waals surface area contributed by atoms with Crippen LogP contribution in [0.3, 0.4) is 0 Å². The molecular weight excluding hydrogens is 240 g/mol. The summed E-state index contributed by atoms with van der Waals surface area (Å²) in [5.74, 6) is 0.477. The van der Waals surface area contributed by atoms with Gasteiger partial charge < -0.3 is 16.0 Å². The second-order valence-corrected chi connectivity index (χ2v) is 3.86. The molecule has 0 unspecified atom stereocenters. The van der Waals surface area contributed by atoms with Crippen LogP contribution in [-0.2, 0) is 6.54 Å². The highest BCUT2D eigenvalue weighted by Crippen LogP contribution is 2.19. The Bertz CT molecular complexity index is 524. The van der Waals surface area contributed by atoms with Gasteiger partial charge in [0.25, 0.3) is 5.91 Å². The maximum atomic E-state index is 11.8. The van der Waals surface area contributed by atoms with Crippen molar-refractivity contribution in [2.24, 2.45) is 0 Å². The zero-order valence-electron chi connectivity index (χ0n) is 8.90. The minimum Gasteiger partial charge on any atom is -0.398 e. The van der Waals surface area contributed by atoms with Crippen LogP contribution in [0.4, 0.5) is 5.69 Å². The molecule has 0 aliphatic heterocycles. The quantitative estimate of drug-likeness (QED) is 0.723. The first kappa shape index (κ1) is 11.5. The first-order chi connectivity index (χ1) is 8.16. The van der Waals surface area contributed by atoms with Crippen LogP contribution in [0.25, 0.3) is 0 Å². The van der Waals surface area contributed by atoms with Gasteiger partial charge in [-0.15, -0.1) is 0 Å². The molecule has 5 nitrogen and oxygen atoms in total. The zero-order chi connectivity index (χ0) is 12.3. The number of amides is 1. The number of halogens is 1. The molecule has 0 atom stereocenters. The molecule has 0 aliphatic carbocycles. The van der Waals surface area contributed by atoms with Gasteiger partial charge in [-0.25, -0.2) is 4.98 Å². The molecule has 1 aromatic carbocycles. The minimum absolute atomic E-state index is 0.218. The number of hydrogen-bond acceptors (Lipinski definition) is 3. The molecule has 88 valence electrons. The lowest BCUT2D eigenvalue weighted by molar-refractivity contribution is 0.0950. The van der Waals surface area contributed by atoms with Crippen LogP contribution in [0.15, 0.2) is 30.6 Å². The van der Waals surface area contributed by atoms with Crippen molar-refractivity contribution in [2.75, 3.05) is 5.73 Å². The zero-order valence-corrected chi connectivity index (χ0v) is 9.66. The second-order valence-electron chi connectivity index (χ2n) is 3.45. The average molecular weight is 251 g/mol. The summed E-state index contributed by atoms with van der Waals surface area (Å²) >= 11 is 5.77. The van der Waals surface area contributed by atoms with Crippen molar-refractivity contribution < 1.29 is 4.79 Å². The molecule has 4 N–H and O–H groups in total. The maximum absolute atomic E-state index is 11.8. The molecule has 0 fully saturated rings. The monoisotopic (exact) mass is 250 g/mol. The third kappa shape index (κ3) is 2.76. The van der Waals surface area contributed by atoms with E-state index in [1.807, 2.05) is 0 Å². The number of nitrogens with one attached hydrogen (secondary N) is 2. The van der Waals surface area contributed by atoms with Crippen molar-refractivity contribution in [2.45, 2.75) is 6.54 Å². The first-order valence-electron chi connectivity index (χ1n) is 4.98. The van der Waals surface area contributed by atoms with Gasteiger partial charge in [-0.05, 0) is 18.2 Å². The summed E-state index contributed by atoms with van der Waals surface area (Å²) in [7, 11) is 0. The van der Waals surface area contributed by atoms with E-state index in [0.717, 1.165) is 0 Å². The highest BCUT2D eigenvalue weighted by atomic mass is 35.5. The van der Waals surface area contributed by atoms with Crippen LogP contribution in [0.1, 0.15) is 16.2 Å². The number of nitrogens with zero attached hydrogens (tertiary/aromatic N) is 1. The van der Waals surface area contributed by atoms with Gasteiger partial charge in [-0.1, -0.05) is 11.6 Å². The molecule has 17 heavy (non-hydrogen) atoms. The Morgan fingerprint density at radius 2 is 2.35 bits per heavy atom. The first-order valence-corrected chi connectivity index (χ1v) is 5.36. The fourth-order valence-electron chi connectivity index (χ4n) is 1.35. The van der Waals surface area contributed by atoms with E-state index in [0.29, 0.717) is 28.6 Å². The standard InChI is InChI=1S/C11H11ClN4O/c12-8-2-1-7(5-9(8)13)11(17)16-6-10-14-3-4-15-10/h1-5H,6,13H2,(H,14,15)(H,16,17). The predicted molar refractivity (Wildman–Crippen MR) is 65.6 cm³/mol. The van der Waals surface area contributed by atoms with E-state index in [2.05, 4.69) is 15.3 Å². The number of aromatic amines is 1. The molecule has 0 spiro atoms. The summed E-state index contributed by atoms with van der Waals surface area (Å²) in [5, 5.41) is 3.15. The van der Waals surface area contributed by atoms with Crippen molar-refractivity contribution in [1.29, 1.82) is 0 Å². The molecule has 0 aliphatic rings. The van der Waals surface area contributed by atoms with Crippen LogP contribution in [0.2, 0.25) is 5.02 Å². The van der Waals surface area contributed by atoms with E-state index in [9.17, 15) is 4.79 Å². The van der Waals surface area contributed by atoms with Crippen LogP contribution in [0, 0.1) is 0 Å². The van der Waals surface area contributed by atoms with Gasteiger partial charge in [0.1, 0.15) is 5.82 Å². The van der Waals surface area contributed by atoms with E-state index in [-0.39, 0.29) is 5.91 Å². The lowest BCUT2D eigenvalue weighted by atomic mass is 10.2. The topological polar surface area (TPSA) is 83.8 Å². The number of nitrogen functional groups attached to an aromatic ring is 1. The number of anilines is 1. The molecule has 6 heteroatoms. The van der Waals surface area contributed by atoms with E-state index in [4.69, 9.17) is 17.3 Å². The third-order valence-electron chi connectivity index (χ3n) is 2.23. The SMILES string of the molecule is Nc1cc(C(=O)NCc2ncc[nH]2)ccc1Cl. The van der Waals surface area contributed by atoms with Crippen molar-refractivity contribution in [1.82, 2.24) is 15.3 Å². The Morgan fingerprint density at radius 1 is 1.53 bits per heavy atom. The maximum Gasteiger partial charge on any atom is 0.251 e. The molecule has 1 amide bonds. The molecule has 0 bridgehead atoms. The number of rotatable bonds is 3. The summed E-state index contributed by atoms with van der Waals surface area (Å²) in [6.07, 6.45) is 3.32. The summed E-state index contributed by atoms with van der Waals surface area (Å²) < 4.78 is 0. The number of benzene rings is 1. The van der Waals surface area contributed by atoms with E-state index in [1.165, 1.54) is 0 Å². The molecule has 2 rings (SSSR count). The minimum atomic E-state index is -0.218. The van der Waals surface area contributed by atoms with Gasteiger partial charge in [0, 0.05) is 18.0 Å². The normalized spacial score (nSPS) is 10.2. The second kappa shape index (κ2) is 4.88. The number of nitrogens with two attached hydrogens (primary N) is 1. The molecule has 0 radical (unpaired) electrons. The largest absolute Gasteiger partial charge is 0.398 e. The number of aromatic nitrogens is 2. The van der Waals surface area contributed by atoms with Crippen LogP contribution < -0.4 is 11.1 Å². The lowest BCUT2D eigenvalue weighted by Gasteiger charge is -2.05. The highest BCUT2D eigenvalue weighted by molar-refractivity contribution is 6.33. The molecule has 1 heterocycles. The van der Waals surface area contributed by atoms with Gasteiger partial charge in [0.05, 0.1) is 17.3 Å². The average Bonchev–Trinajstić information content (AvgIpc) is 2.82. The van der Waals surface area contributed by atoms with E-state index < -0.39 is 0 Å². The predicted octanol–water partition coefficient (Wildman–Crippen LogP) is 1.58. The van der Waals surface area contributed by atoms with Gasteiger partial charge in [0.2, 0.25) is 0 Å². The van der Waals surface area contributed by atoms with Crippen molar-refractivity contribution >= 4 is 23.2 Å². The fourth-order valence-corrected chi connectivity index (χ4v) is 1.46. The summed E-state index contributed by atoms with van der Waals surface area (Å²) in [4.78, 5) is 18.6. The fraction of sp³-hybridized carbons (Fsp3) is 0.0909. The lowest BCUT2D eigenvalue weighted by Crippen LogP contribution is -2.23. The smallest absolute Gasteiger partial charge is 0.251 e. The van der Waals surface area contributed by atoms with Crippen LogP contribution in [-0.4, -0.2) is 15.9 Å². The molecule has 1 aromatic heterocycles. The van der Waals surface area contributed by atoms with Gasteiger partial charge in [-0.2, -0.15) is 0 Å². The van der Waals surface area contributed by atoms with E-state index in [1.54, 1.807) is 30.6 Å². The van der Waals surface area contributed by atoms with Crippen LogP contribution in [0.5, 0.6) is 0 Å². The Kier molecular flexibility index (Phi) is 3.30. The summed E-state index contributed by atoms with van der Waals surface area (Å²) in [6.45, 7) is 0.342. The highest BCUT2D eigenvalue weighted by Gasteiger charge is 2.07. The number of carbonyl (C=O) groups excluding carboxylic acids is 1. The van der Waals surface area contributed by atoms with Crippen molar-refractivity contribution in [3.8, 4) is 0 Å². The van der Waals surface area contributed by atoms with Crippen molar-refractivity contribution in [3.63, 3.8) is 0 Å². The number of H-pyrrole nitrogens is 1. The summed E-state index contributed by atoms with van der Waals surface area (Å²) in [5.41, 5.74) is 6.48. The number of imidazole rings is 1. The van der Waals surface area contributed by atoms with Gasteiger partial charge in [0.15, 0.2) is 0 Å². The van der Waals surface area contributed by atoms with Crippen molar-refractivity contribution in [3.05, 3.63) is 47.0 Å². The van der Waals surface area contributed by atoms with Gasteiger partial charge >= 0.3 is 0 Å². The van der Waals surface area contributed by atoms with Gasteiger partial charge in [-0.3, -0.25) is 4.79 Å². The molecular formula is C11H11ClN4O. The molecule has 0 saturated heterocycles. The Labute approximate surface area is 103 Å². The number of carbonyl (C=O) groups is 1. The Morgan fingerprint density at radius 3 is 3.00 bits per heavy atom. The molecule has 2 aromatic rings. The van der Waals surface area contributed by atoms with E-state index >= 15 is 0 Å². The third-order valence-corrected chi connectivity index (χ3v) is 2.57. The van der Waals surface area contributed by atoms with Crippen LogP contribution >= 0.6 is 11.6 Å². The Hall–Kier alpha value is -2.01. The molecule has 0 saturated carbocycles. The number of hydrogen-bond donors (Lipinski definition) is 3. The summed E-state index contributed by atoms with van der Waals surface area (Å²) in [6, 6.07) is 4.76.